The molecule has 0 spiro atoms. The normalized spacial score (nSPS) is 13.4. The molecule has 1 heterocycles. The van der Waals surface area contributed by atoms with Crippen LogP contribution >= 0.6 is 22.6 Å². The van der Waals surface area contributed by atoms with E-state index < -0.39 is 30.1 Å². The maximum absolute atomic E-state index is 13.8. The molecule has 0 fully saturated rings. The molecule has 4 nitrogen and oxygen atoms in total. The van der Waals surface area contributed by atoms with E-state index >= 15 is 0 Å². The van der Waals surface area contributed by atoms with Gasteiger partial charge < -0.3 is 0 Å². The van der Waals surface area contributed by atoms with E-state index in [0.29, 0.717) is 5.56 Å². The first kappa shape index (κ1) is 23.2. The van der Waals surface area contributed by atoms with Crippen LogP contribution in [0.15, 0.2) is 60.7 Å². The van der Waals surface area contributed by atoms with Gasteiger partial charge in [0.05, 0.1) is 23.2 Å². The molecule has 1 aliphatic heterocycles. The van der Waals surface area contributed by atoms with Crippen molar-refractivity contribution in [3.63, 3.8) is 0 Å². The van der Waals surface area contributed by atoms with Gasteiger partial charge in [-0.05, 0) is 70.5 Å². The Morgan fingerprint density at radius 2 is 1.58 bits per heavy atom. The SMILES string of the molecule is Cc1ccc(C(=O)Cc2ccc(CN3C(=O)c4ccccc4C3=O)c(C(F)(F)F)c2)cc1I. The number of carbonyl (C=O) groups is 3. The molecular formula is C25H17F3INO3. The quantitative estimate of drug-likeness (QED) is 0.223. The van der Waals surface area contributed by atoms with Crippen LogP contribution in [0.5, 0.6) is 0 Å². The fourth-order valence-corrected chi connectivity index (χ4v) is 4.26. The summed E-state index contributed by atoms with van der Waals surface area (Å²) in [6.07, 6.45) is -4.91. The molecule has 3 aromatic carbocycles. The van der Waals surface area contributed by atoms with Crippen molar-refractivity contribution in [2.45, 2.75) is 26.1 Å². The number of halogens is 4. The lowest BCUT2D eigenvalue weighted by Gasteiger charge is -2.19. The Balaban J connectivity index is 1.61. The van der Waals surface area contributed by atoms with Crippen molar-refractivity contribution >= 4 is 40.2 Å². The number of rotatable bonds is 5. The monoisotopic (exact) mass is 563 g/mol. The molecule has 0 aliphatic carbocycles. The van der Waals surface area contributed by atoms with Crippen molar-refractivity contribution in [1.29, 1.82) is 0 Å². The van der Waals surface area contributed by atoms with Gasteiger partial charge in [0, 0.05) is 15.6 Å². The van der Waals surface area contributed by atoms with Gasteiger partial charge in [0.25, 0.3) is 11.8 Å². The third kappa shape index (κ3) is 4.57. The molecule has 4 rings (SSSR count). The fraction of sp³-hybridized carbons (Fsp3) is 0.160. The molecule has 0 saturated heterocycles. The highest BCUT2D eigenvalue weighted by Crippen LogP contribution is 2.35. The number of amides is 2. The van der Waals surface area contributed by atoms with Gasteiger partial charge in [-0.3, -0.25) is 19.3 Å². The van der Waals surface area contributed by atoms with E-state index in [2.05, 4.69) is 22.6 Å². The van der Waals surface area contributed by atoms with Crippen LogP contribution in [0, 0.1) is 10.5 Å². The number of ketones is 1. The van der Waals surface area contributed by atoms with E-state index in [9.17, 15) is 27.6 Å². The Morgan fingerprint density at radius 3 is 2.15 bits per heavy atom. The Morgan fingerprint density at radius 1 is 0.939 bits per heavy atom. The second-order valence-corrected chi connectivity index (χ2v) is 8.96. The fourth-order valence-electron chi connectivity index (χ4n) is 3.74. The summed E-state index contributed by atoms with van der Waals surface area (Å²) in [7, 11) is 0. The average molecular weight is 563 g/mol. The van der Waals surface area contributed by atoms with Crippen LogP contribution in [0.4, 0.5) is 13.2 Å². The number of hydrogen-bond acceptors (Lipinski definition) is 3. The summed E-state index contributed by atoms with van der Waals surface area (Å²) in [5.41, 5.74) is 0.796. The smallest absolute Gasteiger partial charge is 0.294 e. The topological polar surface area (TPSA) is 54.5 Å². The first-order chi connectivity index (χ1) is 15.6. The number of aryl methyl sites for hydroxylation is 1. The molecule has 0 saturated carbocycles. The number of nitrogens with zero attached hydrogens (tertiary/aromatic N) is 1. The zero-order valence-electron chi connectivity index (χ0n) is 17.4. The Labute approximate surface area is 201 Å². The Hall–Kier alpha value is -3.01. The van der Waals surface area contributed by atoms with Crippen molar-refractivity contribution in [3.8, 4) is 0 Å². The van der Waals surface area contributed by atoms with E-state index in [1.807, 2.05) is 6.92 Å². The molecule has 0 unspecified atom stereocenters. The highest BCUT2D eigenvalue weighted by molar-refractivity contribution is 14.1. The molecule has 0 aromatic heterocycles. The number of imide groups is 1. The summed E-state index contributed by atoms with van der Waals surface area (Å²) in [6, 6.07) is 14.9. The Bertz CT molecular complexity index is 1270. The van der Waals surface area contributed by atoms with Gasteiger partial charge in [-0.2, -0.15) is 13.2 Å². The van der Waals surface area contributed by atoms with Crippen LogP contribution in [0.2, 0.25) is 0 Å². The summed E-state index contributed by atoms with van der Waals surface area (Å²) in [6.45, 7) is 1.39. The summed E-state index contributed by atoms with van der Waals surface area (Å²) in [4.78, 5) is 38.6. The van der Waals surface area contributed by atoms with Crippen molar-refractivity contribution in [2.24, 2.45) is 0 Å². The number of benzene rings is 3. The molecule has 2 amide bonds. The summed E-state index contributed by atoms with van der Waals surface area (Å²) >= 11 is 2.10. The highest BCUT2D eigenvalue weighted by atomic mass is 127. The lowest BCUT2D eigenvalue weighted by atomic mass is 9.97. The number of carbonyl (C=O) groups excluding carboxylic acids is 3. The van der Waals surface area contributed by atoms with E-state index in [1.165, 1.54) is 24.3 Å². The standard InChI is InChI=1S/C25H17F3INO3/c1-14-6-8-16(12-21(14)29)22(31)11-15-7-9-17(20(10-15)25(26,27)28)13-30-23(32)18-4-2-3-5-19(18)24(30)33/h2-10,12H,11,13H2,1H3. The summed E-state index contributed by atoms with van der Waals surface area (Å²) in [5, 5.41) is 0. The van der Waals surface area contributed by atoms with Gasteiger partial charge in [-0.1, -0.05) is 36.4 Å². The van der Waals surface area contributed by atoms with E-state index in [0.717, 1.165) is 20.1 Å². The molecule has 8 heteroatoms. The van der Waals surface area contributed by atoms with Crippen LogP contribution in [0.3, 0.4) is 0 Å². The Kier molecular flexibility index (Phi) is 6.13. The van der Waals surface area contributed by atoms with Crippen LogP contribution in [0.1, 0.15) is 53.3 Å². The first-order valence-corrected chi connectivity index (χ1v) is 11.1. The second kappa shape index (κ2) is 8.74. The van der Waals surface area contributed by atoms with Crippen LogP contribution in [-0.4, -0.2) is 22.5 Å². The average Bonchev–Trinajstić information content (AvgIpc) is 3.01. The lowest BCUT2D eigenvalue weighted by molar-refractivity contribution is -0.138. The van der Waals surface area contributed by atoms with E-state index in [4.69, 9.17) is 0 Å². The van der Waals surface area contributed by atoms with E-state index in [-0.39, 0.29) is 34.5 Å². The maximum atomic E-state index is 13.8. The zero-order chi connectivity index (χ0) is 23.9. The van der Waals surface area contributed by atoms with E-state index in [1.54, 1.807) is 30.3 Å². The molecule has 1 aliphatic rings. The van der Waals surface area contributed by atoms with Gasteiger partial charge >= 0.3 is 6.18 Å². The van der Waals surface area contributed by atoms with Crippen molar-refractivity contribution in [2.75, 3.05) is 0 Å². The molecule has 168 valence electrons. The molecule has 3 aromatic rings. The number of Topliss-reactive ketones (excluding diaryl/α,β-unsaturated/α-hetero) is 1. The number of fused-ring (bicyclic) bond motifs is 1. The van der Waals surface area contributed by atoms with Gasteiger partial charge in [-0.15, -0.1) is 0 Å². The predicted molar refractivity (Wildman–Crippen MR) is 124 cm³/mol. The molecular weight excluding hydrogens is 546 g/mol. The van der Waals surface area contributed by atoms with Crippen LogP contribution in [-0.2, 0) is 19.1 Å². The lowest BCUT2D eigenvalue weighted by Crippen LogP contribution is -2.30. The second-order valence-electron chi connectivity index (χ2n) is 7.80. The number of hydrogen-bond donors (Lipinski definition) is 0. The van der Waals surface area contributed by atoms with Crippen molar-refractivity contribution < 1.29 is 27.6 Å². The largest absolute Gasteiger partial charge is 0.416 e. The maximum Gasteiger partial charge on any atom is 0.416 e. The third-order valence-electron chi connectivity index (χ3n) is 5.54. The van der Waals surface area contributed by atoms with Crippen molar-refractivity contribution in [3.05, 3.63) is 103 Å². The minimum atomic E-state index is -4.72. The molecule has 0 N–H and O–H groups in total. The van der Waals surface area contributed by atoms with Gasteiger partial charge in [0.2, 0.25) is 0 Å². The number of alkyl halides is 3. The molecule has 0 atom stereocenters. The summed E-state index contributed by atoms with van der Waals surface area (Å²) < 4.78 is 42.4. The molecule has 33 heavy (non-hydrogen) atoms. The third-order valence-corrected chi connectivity index (χ3v) is 6.71. The molecule has 0 bridgehead atoms. The first-order valence-electron chi connectivity index (χ1n) is 10.00. The van der Waals surface area contributed by atoms with Crippen LogP contribution < -0.4 is 0 Å². The van der Waals surface area contributed by atoms with Gasteiger partial charge in [0.15, 0.2) is 5.78 Å². The molecule has 0 radical (unpaired) electrons. The highest BCUT2D eigenvalue weighted by Gasteiger charge is 2.38. The van der Waals surface area contributed by atoms with Crippen LogP contribution in [0.25, 0.3) is 0 Å². The van der Waals surface area contributed by atoms with Gasteiger partial charge in [-0.25, -0.2) is 0 Å². The minimum absolute atomic E-state index is 0.172. The predicted octanol–water partition coefficient (Wildman–Crippen LogP) is 5.84. The summed E-state index contributed by atoms with van der Waals surface area (Å²) in [5.74, 6) is -1.55. The zero-order valence-corrected chi connectivity index (χ0v) is 19.5. The van der Waals surface area contributed by atoms with Gasteiger partial charge in [0.1, 0.15) is 0 Å². The minimum Gasteiger partial charge on any atom is -0.294 e. The van der Waals surface area contributed by atoms with Crippen molar-refractivity contribution in [1.82, 2.24) is 4.90 Å².